The van der Waals surface area contributed by atoms with Crippen LogP contribution in [0.1, 0.15) is 18.4 Å². The molecule has 0 radical (unpaired) electrons. The topological polar surface area (TPSA) is 79.0 Å². The second-order valence-corrected chi connectivity index (χ2v) is 9.72. The van der Waals surface area contributed by atoms with Crippen molar-refractivity contribution in [3.63, 3.8) is 0 Å². The fourth-order valence-corrected chi connectivity index (χ4v) is 5.47. The molecule has 0 saturated carbocycles. The maximum atomic E-state index is 13.0. The fourth-order valence-electron chi connectivity index (χ4n) is 3.96. The number of fused-ring (bicyclic) bond motifs is 1. The number of carbonyl (C=O) groups is 1. The van der Waals surface area contributed by atoms with Crippen molar-refractivity contribution in [2.24, 2.45) is 0 Å². The van der Waals surface area contributed by atoms with Crippen LogP contribution in [-0.2, 0) is 21.2 Å². The molecule has 2 aromatic rings. The Morgan fingerprint density at radius 2 is 1.77 bits per heavy atom. The number of piperidine rings is 1. The highest BCUT2D eigenvalue weighted by molar-refractivity contribution is 7.92. The molecular formula is C22H27N3O4S. The molecule has 8 heteroatoms. The van der Waals surface area contributed by atoms with E-state index in [2.05, 4.69) is 17.3 Å². The lowest BCUT2D eigenvalue weighted by molar-refractivity contribution is -0.124. The van der Waals surface area contributed by atoms with E-state index >= 15 is 0 Å². The highest BCUT2D eigenvalue weighted by atomic mass is 32.2. The molecule has 0 spiro atoms. The molecule has 1 saturated heterocycles. The number of sulfonamides is 1. The quantitative estimate of drug-likeness (QED) is 0.760. The van der Waals surface area contributed by atoms with Crippen molar-refractivity contribution >= 4 is 21.6 Å². The molecule has 1 N–H and O–H groups in total. The molecule has 2 aliphatic rings. The molecule has 2 heterocycles. The lowest BCUT2D eigenvalue weighted by Gasteiger charge is -2.29. The Morgan fingerprint density at radius 1 is 1.07 bits per heavy atom. The van der Waals surface area contributed by atoms with Crippen molar-refractivity contribution in [2.75, 3.05) is 37.6 Å². The van der Waals surface area contributed by atoms with Crippen LogP contribution < -0.4 is 14.4 Å². The van der Waals surface area contributed by atoms with E-state index in [4.69, 9.17) is 4.74 Å². The first-order chi connectivity index (χ1) is 14.4. The highest BCUT2D eigenvalue weighted by Gasteiger charge is 2.30. The van der Waals surface area contributed by atoms with Gasteiger partial charge in [0, 0.05) is 12.6 Å². The Labute approximate surface area is 177 Å². The van der Waals surface area contributed by atoms with Gasteiger partial charge in [0.05, 0.1) is 10.6 Å². The van der Waals surface area contributed by atoms with Gasteiger partial charge in [-0.25, -0.2) is 8.42 Å². The number of rotatable bonds is 6. The normalized spacial score (nSPS) is 17.6. The van der Waals surface area contributed by atoms with Crippen LogP contribution in [-0.4, -0.2) is 58.6 Å². The van der Waals surface area contributed by atoms with Gasteiger partial charge in [0.2, 0.25) is 0 Å². The van der Waals surface area contributed by atoms with Gasteiger partial charge in [0.1, 0.15) is 5.75 Å². The van der Waals surface area contributed by atoms with Gasteiger partial charge in [0.15, 0.2) is 6.61 Å². The SMILES string of the molecule is CN1CCC(NC(=O)COc2ccc(S(=O)(=O)N3CCc4ccccc43)cc2)CC1. The molecule has 2 aromatic carbocycles. The van der Waals surface area contributed by atoms with E-state index in [1.807, 2.05) is 24.3 Å². The molecule has 4 rings (SSSR count). The van der Waals surface area contributed by atoms with Crippen LogP contribution in [0.15, 0.2) is 53.4 Å². The molecule has 30 heavy (non-hydrogen) atoms. The Balaban J connectivity index is 1.34. The van der Waals surface area contributed by atoms with E-state index in [9.17, 15) is 13.2 Å². The summed E-state index contributed by atoms with van der Waals surface area (Å²) in [7, 11) is -1.55. The third kappa shape index (κ3) is 4.44. The van der Waals surface area contributed by atoms with Crippen LogP contribution in [0, 0.1) is 0 Å². The molecule has 0 aromatic heterocycles. The standard InChI is InChI=1S/C22H27N3O4S/c1-24-13-11-18(12-14-24)23-22(26)16-29-19-6-8-20(9-7-19)30(27,28)25-15-10-17-4-2-3-5-21(17)25/h2-9,18H,10-16H2,1H3,(H,23,26). The highest BCUT2D eigenvalue weighted by Crippen LogP contribution is 2.33. The number of likely N-dealkylation sites (tertiary alicyclic amines) is 1. The van der Waals surface area contributed by atoms with E-state index in [1.165, 1.54) is 16.4 Å². The summed E-state index contributed by atoms with van der Waals surface area (Å²) in [5.74, 6) is 0.309. The van der Waals surface area contributed by atoms with Crippen LogP contribution in [0.5, 0.6) is 5.75 Å². The minimum absolute atomic E-state index is 0.0854. The van der Waals surface area contributed by atoms with Crippen LogP contribution in [0.2, 0.25) is 0 Å². The molecule has 0 unspecified atom stereocenters. The zero-order valence-corrected chi connectivity index (χ0v) is 17.9. The second kappa shape index (κ2) is 8.65. The van der Waals surface area contributed by atoms with Crippen molar-refractivity contribution in [1.82, 2.24) is 10.2 Å². The van der Waals surface area contributed by atoms with Crippen LogP contribution in [0.4, 0.5) is 5.69 Å². The Bertz CT molecular complexity index is 999. The predicted molar refractivity (Wildman–Crippen MR) is 115 cm³/mol. The molecule has 2 aliphatic heterocycles. The van der Waals surface area contributed by atoms with Gasteiger partial charge >= 0.3 is 0 Å². The van der Waals surface area contributed by atoms with E-state index in [0.29, 0.717) is 18.7 Å². The van der Waals surface area contributed by atoms with Gasteiger partial charge in [-0.2, -0.15) is 0 Å². The number of hydrogen-bond acceptors (Lipinski definition) is 5. The van der Waals surface area contributed by atoms with E-state index in [-0.39, 0.29) is 23.5 Å². The largest absolute Gasteiger partial charge is 0.484 e. The molecular weight excluding hydrogens is 402 g/mol. The van der Waals surface area contributed by atoms with Crippen molar-refractivity contribution in [1.29, 1.82) is 0 Å². The maximum Gasteiger partial charge on any atom is 0.264 e. The molecule has 7 nitrogen and oxygen atoms in total. The van der Waals surface area contributed by atoms with Gasteiger partial charge in [0.25, 0.3) is 15.9 Å². The number of benzene rings is 2. The summed E-state index contributed by atoms with van der Waals surface area (Å²) in [6.07, 6.45) is 2.59. The minimum Gasteiger partial charge on any atom is -0.484 e. The third-order valence-corrected chi connectivity index (χ3v) is 7.54. The first-order valence-electron chi connectivity index (χ1n) is 10.2. The molecule has 1 fully saturated rings. The third-order valence-electron chi connectivity index (χ3n) is 5.71. The number of anilines is 1. The van der Waals surface area contributed by atoms with E-state index in [1.54, 1.807) is 12.1 Å². The fraction of sp³-hybridized carbons (Fsp3) is 0.409. The van der Waals surface area contributed by atoms with E-state index < -0.39 is 10.0 Å². The molecule has 0 atom stereocenters. The summed E-state index contributed by atoms with van der Waals surface area (Å²) in [5, 5.41) is 3.00. The number of hydrogen-bond donors (Lipinski definition) is 1. The summed E-state index contributed by atoms with van der Waals surface area (Å²) in [5.41, 5.74) is 1.78. The molecule has 0 bridgehead atoms. The monoisotopic (exact) mass is 429 g/mol. The maximum absolute atomic E-state index is 13.0. The van der Waals surface area contributed by atoms with Gasteiger partial charge < -0.3 is 15.0 Å². The van der Waals surface area contributed by atoms with Gasteiger partial charge in [-0.15, -0.1) is 0 Å². The molecule has 1 amide bonds. The minimum atomic E-state index is -3.63. The lowest BCUT2D eigenvalue weighted by atomic mass is 10.1. The first kappa shape index (κ1) is 20.7. The van der Waals surface area contributed by atoms with Gasteiger partial charge in [-0.3, -0.25) is 9.10 Å². The van der Waals surface area contributed by atoms with E-state index in [0.717, 1.165) is 37.2 Å². The molecule has 160 valence electrons. The number of carbonyl (C=O) groups excluding carboxylic acids is 1. The Hall–Kier alpha value is -2.58. The number of ether oxygens (including phenoxy) is 1. The second-order valence-electron chi connectivity index (χ2n) is 7.86. The zero-order valence-electron chi connectivity index (χ0n) is 17.1. The first-order valence-corrected chi connectivity index (χ1v) is 11.7. The number of nitrogens with zero attached hydrogens (tertiary/aromatic N) is 2. The smallest absolute Gasteiger partial charge is 0.264 e. The van der Waals surface area contributed by atoms with Crippen molar-refractivity contribution < 1.29 is 17.9 Å². The number of nitrogens with one attached hydrogen (secondary N) is 1. The summed E-state index contributed by atoms with van der Waals surface area (Å²) in [6.45, 7) is 2.31. The summed E-state index contributed by atoms with van der Waals surface area (Å²) < 4.78 is 33.1. The summed E-state index contributed by atoms with van der Waals surface area (Å²) >= 11 is 0. The number of para-hydroxylation sites is 1. The Morgan fingerprint density at radius 3 is 2.50 bits per heavy atom. The molecule has 0 aliphatic carbocycles. The van der Waals surface area contributed by atoms with Crippen molar-refractivity contribution in [3.05, 3.63) is 54.1 Å². The van der Waals surface area contributed by atoms with Crippen molar-refractivity contribution in [2.45, 2.75) is 30.2 Å². The average molecular weight is 430 g/mol. The Kier molecular flexibility index (Phi) is 5.97. The summed E-state index contributed by atoms with van der Waals surface area (Å²) in [4.78, 5) is 14.6. The van der Waals surface area contributed by atoms with Crippen LogP contribution in [0.25, 0.3) is 0 Å². The van der Waals surface area contributed by atoms with Crippen LogP contribution in [0.3, 0.4) is 0 Å². The van der Waals surface area contributed by atoms with Gasteiger partial charge in [-0.1, -0.05) is 18.2 Å². The predicted octanol–water partition coefficient (Wildman–Crippen LogP) is 2.03. The number of amides is 1. The average Bonchev–Trinajstić information content (AvgIpc) is 3.19. The van der Waals surface area contributed by atoms with Crippen molar-refractivity contribution in [3.8, 4) is 5.75 Å². The lowest BCUT2D eigenvalue weighted by Crippen LogP contribution is -2.44. The van der Waals surface area contributed by atoms with Gasteiger partial charge in [-0.05, 0) is 75.3 Å². The summed E-state index contributed by atoms with van der Waals surface area (Å²) in [6, 6.07) is 14.0. The zero-order chi connectivity index (χ0) is 21.1. The van der Waals surface area contributed by atoms with Crippen LogP contribution >= 0.6 is 0 Å².